The Morgan fingerprint density at radius 2 is 1.55 bits per heavy atom. The van der Waals surface area contributed by atoms with Gasteiger partial charge in [0.2, 0.25) is 0 Å². The Kier molecular flexibility index (Phi) is 10.6. The normalized spacial score (nSPS) is 10.7. The van der Waals surface area contributed by atoms with Gasteiger partial charge >= 0.3 is 109 Å². The van der Waals surface area contributed by atoms with E-state index in [1.54, 1.807) is 0 Å². The Labute approximate surface area is 163 Å². The van der Waals surface area contributed by atoms with E-state index < -0.39 is 0 Å². The number of rotatable bonds is 0. The summed E-state index contributed by atoms with van der Waals surface area (Å²) in [4.78, 5) is 0. The Morgan fingerprint density at radius 3 is 2.14 bits per heavy atom. The molecule has 0 spiro atoms. The summed E-state index contributed by atoms with van der Waals surface area (Å²) in [5, 5.41) is 5.25. The average molecular weight is 403 g/mol. The zero-order chi connectivity index (χ0) is 12.9. The van der Waals surface area contributed by atoms with E-state index in [0.717, 1.165) is 6.42 Å². The van der Waals surface area contributed by atoms with Gasteiger partial charge in [0.15, 0.2) is 0 Å². The van der Waals surface area contributed by atoms with Gasteiger partial charge in [0.1, 0.15) is 0 Å². The van der Waals surface area contributed by atoms with E-state index in [9.17, 15) is 0 Å². The first-order chi connectivity index (χ1) is 9.43. The molecule has 2 aromatic carbocycles. The molecule has 0 N–H and O–H groups in total. The van der Waals surface area contributed by atoms with E-state index in [4.69, 9.17) is 0 Å². The van der Waals surface area contributed by atoms with Crippen LogP contribution in [0.4, 0.5) is 0 Å². The van der Waals surface area contributed by atoms with Gasteiger partial charge in [-0.2, -0.15) is 6.08 Å². The summed E-state index contributed by atoms with van der Waals surface area (Å²) in [6.45, 7) is 2.15. The molecule has 0 fully saturated rings. The Hall–Kier alpha value is -0.682. The second kappa shape index (κ2) is 10.9. The van der Waals surface area contributed by atoms with Crippen molar-refractivity contribution in [3.05, 3.63) is 78.8 Å². The maximum atomic E-state index is 2.99. The van der Waals surface area contributed by atoms with Crippen molar-refractivity contribution in [2.24, 2.45) is 0 Å². The van der Waals surface area contributed by atoms with Gasteiger partial charge < -0.3 is 24.8 Å². The third-order valence-electron chi connectivity index (χ3n) is 3.20. The van der Waals surface area contributed by atoms with Crippen molar-refractivity contribution in [1.82, 2.24) is 0 Å². The summed E-state index contributed by atoms with van der Waals surface area (Å²) >= 11 is 0. The number of hydrogen-bond donors (Lipinski definition) is 0. The molecule has 107 valence electrons. The Bertz CT molecular complexity index is 654. The summed E-state index contributed by atoms with van der Waals surface area (Å²) in [6, 6.07) is 17.2. The molecule has 1 aliphatic carbocycles. The van der Waals surface area contributed by atoms with E-state index in [1.807, 2.05) is 12.2 Å². The molecule has 0 saturated carbocycles. The molecule has 0 bridgehead atoms. The van der Waals surface area contributed by atoms with Crippen molar-refractivity contribution in [2.75, 3.05) is 0 Å². The second-order valence-electron chi connectivity index (χ2n) is 4.55. The van der Waals surface area contributed by atoms with Crippen molar-refractivity contribution in [1.29, 1.82) is 0 Å². The first kappa shape index (κ1) is 21.3. The van der Waals surface area contributed by atoms with E-state index in [0.29, 0.717) is 0 Å². The van der Waals surface area contributed by atoms with Gasteiger partial charge in [-0.3, -0.25) is 6.08 Å². The van der Waals surface area contributed by atoms with Gasteiger partial charge in [-0.1, -0.05) is 0 Å². The topological polar surface area (TPSA) is 0 Å². The molecule has 0 amide bonds. The number of hydrogen-bond acceptors (Lipinski definition) is 0. The maximum absolute atomic E-state index is 2.99. The van der Waals surface area contributed by atoms with Gasteiger partial charge in [0.25, 0.3) is 0 Å². The molecule has 0 atom stereocenters. The fraction of sp³-hybridized carbons (Fsp3) is 0.0556. The summed E-state index contributed by atoms with van der Waals surface area (Å²) in [5.41, 5.74) is 0. The monoisotopic (exact) mass is 401 g/mol. The van der Waals surface area contributed by atoms with Crippen molar-refractivity contribution in [3.8, 4) is 0 Å². The zero-order valence-electron chi connectivity index (χ0n) is 12.0. The molecule has 3 aromatic rings. The minimum absolute atomic E-state index is 0. The molecule has 4 heteroatoms. The standard InChI is InChI=1S/C13H9B.C5H5.2ClH.Zr/c1-2-5-11-9-13-12(6-3-7-14-13)8-10(11)4-1;1-2-4-5-3-1;;;/h1-9H;1-3H,4H2;2*1H;/q;-1;;;+3/p-2. The summed E-state index contributed by atoms with van der Waals surface area (Å²) in [5.74, 6) is 2.08. The van der Waals surface area contributed by atoms with Gasteiger partial charge in [-0.05, 0) is 0 Å². The molecular formula is C18H14BCl2Zr. The van der Waals surface area contributed by atoms with Crippen LogP contribution < -0.4 is 24.8 Å². The zero-order valence-corrected chi connectivity index (χ0v) is 15.9. The number of allylic oxidation sites excluding steroid dienone is 4. The van der Waals surface area contributed by atoms with E-state index in [-0.39, 0.29) is 51.0 Å². The molecule has 1 radical (unpaired) electrons. The van der Waals surface area contributed by atoms with Crippen LogP contribution in [0, 0.1) is 6.08 Å². The molecule has 1 aliphatic rings. The first-order valence-corrected chi connectivity index (χ1v) is 6.53. The summed E-state index contributed by atoms with van der Waals surface area (Å²) in [7, 11) is 0. The second-order valence-corrected chi connectivity index (χ2v) is 4.55. The quantitative estimate of drug-likeness (QED) is 0.322. The van der Waals surface area contributed by atoms with Crippen molar-refractivity contribution >= 4 is 28.4 Å². The van der Waals surface area contributed by atoms with Crippen LogP contribution in [0.15, 0.2) is 72.7 Å². The van der Waals surface area contributed by atoms with Crippen molar-refractivity contribution in [3.63, 3.8) is 0 Å². The summed E-state index contributed by atoms with van der Waals surface area (Å²) < 4.78 is 0. The average Bonchev–Trinajstić information content (AvgIpc) is 3.04. The van der Waals surface area contributed by atoms with Gasteiger partial charge in [-0.15, -0.1) is 6.42 Å². The Balaban J connectivity index is 0.000000482. The third-order valence-corrected chi connectivity index (χ3v) is 3.20. The van der Waals surface area contributed by atoms with Gasteiger partial charge in [0, 0.05) is 0 Å². The van der Waals surface area contributed by atoms with E-state index in [2.05, 4.69) is 73.6 Å². The molecule has 4 rings (SSSR count). The van der Waals surface area contributed by atoms with E-state index in [1.165, 1.54) is 21.4 Å². The van der Waals surface area contributed by atoms with Crippen molar-refractivity contribution < 1.29 is 51.0 Å². The van der Waals surface area contributed by atoms with Crippen LogP contribution in [0.1, 0.15) is 6.42 Å². The molecule has 1 heterocycles. The van der Waals surface area contributed by atoms with Crippen molar-refractivity contribution in [2.45, 2.75) is 6.42 Å². The molecular weight excluding hydrogens is 389 g/mol. The van der Waals surface area contributed by atoms with Gasteiger partial charge in [0.05, 0.1) is 0 Å². The van der Waals surface area contributed by atoms with Crippen LogP contribution in [0.3, 0.4) is 0 Å². The fourth-order valence-corrected chi connectivity index (χ4v) is 2.22. The number of fused-ring (bicyclic) bond motifs is 2. The molecule has 0 saturated heterocycles. The fourth-order valence-electron chi connectivity index (χ4n) is 2.22. The van der Waals surface area contributed by atoms with Crippen LogP contribution in [-0.4, -0.2) is 6.91 Å². The molecule has 1 aromatic heterocycles. The molecule has 0 aliphatic heterocycles. The predicted octanol–water partition coefficient (Wildman–Crippen LogP) is -1.36. The number of halogens is 2. The van der Waals surface area contributed by atoms with Crippen LogP contribution in [0.5, 0.6) is 0 Å². The van der Waals surface area contributed by atoms with Gasteiger partial charge in [-0.25, -0.2) is 12.2 Å². The summed E-state index contributed by atoms with van der Waals surface area (Å²) in [6.07, 6.45) is 10.0. The van der Waals surface area contributed by atoms with Crippen LogP contribution in [-0.2, 0) is 26.2 Å². The van der Waals surface area contributed by atoms with Crippen LogP contribution in [0.25, 0.3) is 21.4 Å². The van der Waals surface area contributed by atoms with Crippen LogP contribution >= 0.6 is 0 Å². The Morgan fingerprint density at radius 1 is 0.864 bits per heavy atom. The number of benzene rings is 2. The molecule has 0 nitrogen and oxygen atoms in total. The SMILES string of the molecule is [C-]1=CC=CC1.[Cl-].[Cl-].[Zr+3].b1cccc2cc3ccccc3cc12. The molecule has 22 heavy (non-hydrogen) atoms. The third kappa shape index (κ3) is 5.50. The van der Waals surface area contributed by atoms with Crippen LogP contribution in [0.2, 0.25) is 0 Å². The predicted molar refractivity (Wildman–Crippen MR) is 84.4 cm³/mol. The minimum atomic E-state index is 0. The molecule has 0 unspecified atom stereocenters. The first-order valence-electron chi connectivity index (χ1n) is 6.53. The van der Waals surface area contributed by atoms with E-state index >= 15 is 0 Å².